The monoisotopic (exact) mass is 271 g/mol. The maximum Gasteiger partial charge on any atom is 0.308 e. The molecule has 0 spiro atoms. The summed E-state index contributed by atoms with van der Waals surface area (Å²) < 4.78 is 13.7. The van der Waals surface area contributed by atoms with E-state index in [4.69, 9.17) is 16.7 Å². The Balaban J connectivity index is 2.18. The molecule has 1 fully saturated rings. The molecule has 0 aliphatic carbocycles. The number of nitrogens with zero attached hydrogens (tertiary/aromatic N) is 1. The first kappa shape index (κ1) is 12.8. The summed E-state index contributed by atoms with van der Waals surface area (Å²) in [6.45, 7) is 0.432. The number of aliphatic carboxylic acids is 1. The van der Waals surface area contributed by atoms with Crippen LogP contribution in [-0.4, -0.2) is 35.0 Å². The quantitative estimate of drug-likeness (QED) is 0.895. The molecule has 18 heavy (non-hydrogen) atoms. The molecule has 0 radical (unpaired) electrons. The van der Waals surface area contributed by atoms with Crippen molar-refractivity contribution < 1.29 is 19.1 Å². The van der Waals surface area contributed by atoms with E-state index in [1.165, 1.54) is 23.1 Å². The van der Waals surface area contributed by atoms with E-state index in [0.717, 1.165) is 0 Å². The summed E-state index contributed by atoms with van der Waals surface area (Å²) in [5, 5.41) is 8.73. The molecule has 1 N–H and O–H groups in total. The molecule has 4 nitrogen and oxygen atoms in total. The summed E-state index contributed by atoms with van der Waals surface area (Å²) in [4.78, 5) is 24.2. The second-order valence-corrected chi connectivity index (χ2v) is 4.58. The zero-order valence-electron chi connectivity index (χ0n) is 9.40. The molecule has 2 rings (SSSR count). The van der Waals surface area contributed by atoms with Gasteiger partial charge in [-0.2, -0.15) is 0 Å². The number of carbonyl (C=O) groups excluding carboxylic acids is 1. The minimum atomic E-state index is -0.933. The van der Waals surface area contributed by atoms with Gasteiger partial charge in [0.15, 0.2) is 5.82 Å². The molecule has 1 atom stereocenters. The van der Waals surface area contributed by atoms with Crippen LogP contribution in [-0.2, 0) is 4.79 Å². The molecule has 0 saturated carbocycles. The predicted octanol–water partition coefficient (Wildman–Crippen LogP) is 2.03. The average molecular weight is 272 g/mol. The molecular weight excluding hydrogens is 261 g/mol. The summed E-state index contributed by atoms with van der Waals surface area (Å²) in [5.41, 5.74) is -0.117. The molecule has 1 unspecified atom stereocenters. The molecule has 96 valence electrons. The largest absolute Gasteiger partial charge is 0.481 e. The third-order valence-electron chi connectivity index (χ3n) is 3.01. The Morgan fingerprint density at radius 1 is 1.44 bits per heavy atom. The topological polar surface area (TPSA) is 57.6 Å². The van der Waals surface area contributed by atoms with Gasteiger partial charge in [-0.05, 0) is 18.6 Å². The lowest BCUT2D eigenvalue weighted by atomic mass is 10.1. The molecule has 1 aliphatic heterocycles. The highest BCUT2D eigenvalue weighted by Crippen LogP contribution is 2.23. The maximum atomic E-state index is 13.7. The van der Waals surface area contributed by atoms with Gasteiger partial charge in [0.2, 0.25) is 0 Å². The Bertz CT molecular complexity index is 506. The van der Waals surface area contributed by atoms with Gasteiger partial charge < -0.3 is 10.0 Å². The molecule has 1 saturated heterocycles. The lowest BCUT2D eigenvalue weighted by Crippen LogP contribution is -2.30. The van der Waals surface area contributed by atoms with Crippen molar-refractivity contribution in [3.05, 3.63) is 34.6 Å². The van der Waals surface area contributed by atoms with E-state index >= 15 is 0 Å². The molecule has 0 aromatic heterocycles. The van der Waals surface area contributed by atoms with Crippen molar-refractivity contribution in [2.24, 2.45) is 5.92 Å². The fourth-order valence-corrected chi connectivity index (χ4v) is 2.16. The highest BCUT2D eigenvalue weighted by Gasteiger charge is 2.32. The van der Waals surface area contributed by atoms with E-state index in [-0.39, 0.29) is 17.1 Å². The molecule has 1 aromatic carbocycles. The Morgan fingerprint density at radius 2 is 2.17 bits per heavy atom. The summed E-state index contributed by atoms with van der Waals surface area (Å²) >= 11 is 5.60. The summed E-state index contributed by atoms with van der Waals surface area (Å²) in [7, 11) is 0. The van der Waals surface area contributed by atoms with E-state index in [0.29, 0.717) is 13.0 Å². The van der Waals surface area contributed by atoms with Gasteiger partial charge >= 0.3 is 5.97 Å². The van der Waals surface area contributed by atoms with Crippen LogP contribution in [0.4, 0.5) is 4.39 Å². The summed E-state index contributed by atoms with van der Waals surface area (Å²) in [6, 6.07) is 4.19. The van der Waals surface area contributed by atoms with Crippen molar-refractivity contribution in [1.82, 2.24) is 4.90 Å². The molecule has 0 bridgehead atoms. The van der Waals surface area contributed by atoms with Crippen molar-refractivity contribution in [1.29, 1.82) is 0 Å². The van der Waals surface area contributed by atoms with Gasteiger partial charge in [-0.15, -0.1) is 0 Å². The van der Waals surface area contributed by atoms with Gasteiger partial charge in [0.1, 0.15) is 0 Å². The fraction of sp³-hybridized carbons (Fsp3) is 0.333. The Kier molecular flexibility index (Phi) is 3.52. The highest BCUT2D eigenvalue weighted by molar-refractivity contribution is 6.31. The zero-order chi connectivity index (χ0) is 13.3. The van der Waals surface area contributed by atoms with Gasteiger partial charge in [-0.3, -0.25) is 9.59 Å². The number of carbonyl (C=O) groups is 2. The molecular formula is C12H11ClFNO3. The maximum absolute atomic E-state index is 13.7. The molecule has 1 aliphatic rings. The number of benzene rings is 1. The Morgan fingerprint density at radius 3 is 2.78 bits per heavy atom. The number of likely N-dealkylation sites (tertiary alicyclic amines) is 1. The smallest absolute Gasteiger partial charge is 0.308 e. The minimum absolute atomic E-state index is 0.111. The van der Waals surface area contributed by atoms with Crippen molar-refractivity contribution in [3.8, 4) is 0 Å². The Hall–Kier alpha value is -1.62. The van der Waals surface area contributed by atoms with Gasteiger partial charge in [0, 0.05) is 13.1 Å². The van der Waals surface area contributed by atoms with Crippen LogP contribution in [0.3, 0.4) is 0 Å². The van der Waals surface area contributed by atoms with Crippen molar-refractivity contribution in [2.75, 3.05) is 13.1 Å². The van der Waals surface area contributed by atoms with Crippen LogP contribution in [0, 0.1) is 11.7 Å². The van der Waals surface area contributed by atoms with Crippen LogP contribution in [0.2, 0.25) is 5.02 Å². The van der Waals surface area contributed by atoms with Gasteiger partial charge in [-0.1, -0.05) is 17.7 Å². The van der Waals surface area contributed by atoms with Crippen molar-refractivity contribution in [2.45, 2.75) is 6.42 Å². The number of hydrogen-bond acceptors (Lipinski definition) is 2. The lowest BCUT2D eigenvalue weighted by molar-refractivity contribution is -0.141. The van der Waals surface area contributed by atoms with Gasteiger partial charge in [0.25, 0.3) is 5.91 Å². The lowest BCUT2D eigenvalue weighted by Gasteiger charge is -2.16. The van der Waals surface area contributed by atoms with E-state index in [1.807, 2.05) is 0 Å². The van der Waals surface area contributed by atoms with Gasteiger partial charge in [0.05, 0.1) is 16.5 Å². The molecule has 1 heterocycles. The number of hydrogen-bond donors (Lipinski definition) is 1. The fourth-order valence-electron chi connectivity index (χ4n) is 1.99. The van der Waals surface area contributed by atoms with E-state index < -0.39 is 23.6 Å². The number of rotatable bonds is 2. The second-order valence-electron chi connectivity index (χ2n) is 4.18. The first-order chi connectivity index (χ1) is 8.50. The third-order valence-corrected chi connectivity index (χ3v) is 3.30. The van der Waals surface area contributed by atoms with Crippen LogP contribution in [0.25, 0.3) is 0 Å². The van der Waals surface area contributed by atoms with Crippen LogP contribution >= 0.6 is 11.6 Å². The summed E-state index contributed by atoms with van der Waals surface area (Å²) in [6.07, 6.45) is 0.392. The van der Waals surface area contributed by atoms with Gasteiger partial charge in [-0.25, -0.2) is 4.39 Å². The van der Waals surface area contributed by atoms with E-state index in [2.05, 4.69) is 0 Å². The molecule has 1 amide bonds. The third kappa shape index (κ3) is 2.31. The number of amides is 1. The standard InChI is InChI=1S/C12H11ClFNO3/c13-9-3-1-2-8(10(9)14)11(16)15-5-4-7(6-15)12(17)18/h1-3,7H,4-6H2,(H,17,18). The SMILES string of the molecule is O=C(O)C1CCN(C(=O)c2cccc(Cl)c2F)C1. The first-order valence-corrected chi connectivity index (χ1v) is 5.84. The van der Waals surface area contributed by atoms with Crippen LogP contribution in [0.5, 0.6) is 0 Å². The van der Waals surface area contributed by atoms with E-state index in [9.17, 15) is 14.0 Å². The Labute approximate surface area is 108 Å². The molecule has 1 aromatic rings. The van der Waals surface area contributed by atoms with Crippen LogP contribution in [0.15, 0.2) is 18.2 Å². The highest BCUT2D eigenvalue weighted by atomic mass is 35.5. The normalized spacial score (nSPS) is 19.0. The number of halogens is 2. The van der Waals surface area contributed by atoms with E-state index in [1.54, 1.807) is 0 Å². The predicted molar refractivity (Wildman–Crippen MR) is 63.1 cm³/mol. The first-order valence-electron chi connectivity index (χ1n) is 5.47. The number of carboxylic acid groups (broad SMARTS) is 1. The van der Waals surface area contributed by atoms with Crippen molar-refractivity contribution >= 4 is 23.5 Å². The second kappa shape index (κ2) is 4.94. The van der Waals surface area contributed by atoms with Crippen LogP contribution < -0.4 is 0 Å². The van der Waals surface area contributed by atoms with Crippen LogP contribution in [0.1, 0.15) is 16.8 Å². The van der Waals surface area contributed by atoms with Crippen molar-refractivity contribution in [3.63, 3.8) is 0 Å². The number of carboxylic acids is 1. The summed E-state index contributed by atoms with van der Waals surface area (Å²) in [5.74, 6) is -2.78. The molecule has 6 heteroatoms. The zero-order valence-corrected chi connectivity index (χ0v) is 10.2. The average Bonchev–Trinajstić information content (AvgIpc) is 2.81. The minimum Gasteiger partial charge on any atom is -0.481 e.